The summed E-state index contributed by atoms with van der Waals surface area (Å²) in [5.74, 6) is 0.0425. The average Bonchev–Trinajstić information content (AvgIpc) is 3.29. The van der Waals surface area contributed by atoms with Crippen LogP contribution in [0.25, 0.3) is 0 Å². The van der Waals surface area contributed by atoms with Gasteiger partial charge in [0.1, 0.15) is 6.61 Å². The van der Waals surface area contributed by atoms with Gasteiger partial charge < -0.3 is 14.7 Å². The first-order chi connectivity index (χ1) is 10.1. The monoisotopic (exact) mass is 293 g/mol. The molecule has 0 radical (unpaired) electrons. The van der Waals surface area contributed by atoms with Crippen molar-refractivity contribution in [2.45, 2.75) is 25.1 Å². The van der Waals surface area contributed by atoms with Gasteiger partial charge in [-0.05, 0) is 24.3 Å². The minimum Gasteiger partial charge on any atom is -0.445 e. The van der Waals surface area contributed by atoms with E-state index in [1.807, 2.05) is 30.3 Å². The average molecular weight is 293 g/mol. The molecule has 2 atom stereocenters. The highest BCUT2D eigenvalue weighted by atomic mass is 19.1. The number of aliphatic hydroxyl groups is 1. The van der Waals surface area contributed by atoms with Gasteiger partial charge in [0.15, 0.2) is 5.67 Å². The third-order valence-electron chi connectivity index (χ3n) is 4.45. The molecule has 2 aliphatic rings. The molecule has 0 bridgehead atoms. The van der Waals surface area contributed by atoms with E-state index in [2.05, 4.69) is 0 Å². The summed E-state index contributed by atoms with van der Waals surface area (Å²) in [4.78, 5) is 13.5. The lowest BCUT2D eigenvalue weighted by Gasteiger charge is -2.23. The number of rotatable bonds is 4. The summed E-state index contributed by atoms with van der Waals surface area (Å²) in [6, 6.07) is 9.39. The Morgan fingerprint density at radius 1 is 1.38 bits per heavy atom. The molecule has 1 aliphatic heterocycles. The number of halogens is 1. The van der Waals surface area contributed by atoms with Crippen LogP contribution in [-0.4, -0.2) is 41.5 Å². The number of carbonyl (C=O) groups is 1. The SMILES string of the molecule is O=C(OCc1ccccc1)N1CC(C2CC2)C(F)(CO)C1. The Balaban J connectivity index is 1.58. The van der Waals surface area contributed by atoms with Crippen molar-refractivity contribution in [3.05, 3.63) is 35.9 Å². The van der Waals surface area contributed by atoms with Crippen molar-refractivity contribution in [1.29, 1.82) is 0 Å². The van der Waals surface area contributed by atoms with Crippen LogP contribution in [0.4, 0.5) is 9.18 Å². The molecule has 4 nitrogen and oxygen atoms in total. The van der Waals surface area contributed by atoms with Crippen LogP contribution in [-0.2, 0) is 11.3 Å². The Labute approximate surface area is 123 Å². The van der Waals surface area contributed by atoms with Crippen molar-refractivity contribution in [3.8, 4) is 0 Å². The minimum absolute atomic E-state index is 0.0711. The second-order valence-electron chi connectivity index (χ2n) is 6.06. The second kappa shape index (κ2) is 5.64. The topological polar surface area (TPSA) is 49.8 Å². The quantitative estimate of drug-likeness (QED) is 0.927. The highest BCUT2D eigenvalue weighted by Gasteiger charge is 2.54. The van der Waals surface area contributed by atoms with Gasteiger partial charge in [-0.1, -0.05) is 30.3 Å². The van der Waals surface area contributed by atoms with Gasteiger partial charge in [-0.3, -0.25) is 0 Å². The number of carbonyl (C=O) groups excluding carboxylic acids is 1. The van der Waals surface area contributed by atoms with E-state index >= 15 is 0 Å². The van der Waals surface area contributed by atoms with E-state index in [4.69, 9.17) is 4.74 Å². The van der Waals surface area contributed by atoms with Crippen molar-refractivity contribution in [1.82, 2.24) is 4.90 Å². The lowest BCUT2D eigenvalue weighted by molar-refractivity contribution is 0.0355. The summed E-state index contributed by atoms with van der Waals surface area (Å²) in [7, 11) is 0. The molecule has 1 saturated heterocycles. The molecule has 1 heterocycles. The van der Waals surface area contributed by atoms with Crippen molar-refractivity contribution in [2.24, 2.45) is 11.8 Å². The van der Waals surface area contributed by atoms with Gasteiger partial charge >= 0.3 is 6.09 Å². The Bertz CT molecular complexity index is 506. The number of hydrogen-bond donors (Lipinski definition) is 1. The first-order valence-corrected chi connectivity index (χ1v) is 7.38. The van der Waals surface area contributed by atoms with Crippen LogP contribution in [0.15, 0.2) is 30.3 Å². The molecular formula is C16H20FNO3. The largest absolute Gasteiger partial charge is 0.445 e. The van der Waals surface area contributed by atoms with Crippen LogP contribution in [0.3, 0.4) is 0 Å². The summed E-state index contributed by atoms with van der Waals surface area (Å²) in [5, 5.41) is 9.33. The van der Waals surface area contributed by atoms with Crippen molar-refractivity contribution < 1.29 is 19.0 Å². The molecule has 2 unspecified atom stereocenters. The lowest BCUT2D eigenvalue weighted by atomic mass is 9.89. The number of hydrogen-bond acceptors (Lipinski definition) is 3. The standard InChI is InChI=1S/C16H20FNO3/c17-16(11-19)10-18(8-14(16)13-6-7-13)15(20)21-9-12-4-2-1-3-5-12/h1-5,13-14,19H,6-11H2. The van der Waals surface area contributed by atoms with Crippen molar-refractivity contribution in [2.75, 3.05) is 19.7 Å². The number of amides is 1. The van der Waals surface area contributed by atoms with Crippen LogP contribution < -0.4 is 0 Å². The van der Waals surface area contributed by atoms with E-state index in [-0.39, 0.29) is 19.1 Å². The molecule has 5 heteroatoms. The van der Waals surface area contributed by atoms with E-state index in [0.29, 0.717) is 12.5 Å². The van der Waals surface area contributed by atoms with Crippen LogP contribution in [0.1, 0.15) is 18.4 Å². The maximum absolute atomic E-state index is 14.7. The Kier molecular flexibility index (Phi) is 3.85. The van der Waals surface area contributed by atoms with Crippen LogP contribution in [0, 0.1) is 11.8 Å². The predicted molar refractivity (Wildman–Crippen MR) is 75.3 cm³/mol. The summed E-state index contributed by atoms with van der Waals surface area (Å²) >= 11 is 0. The maximum atomic E-state index is 14.7. The van der Waals surface area contributed by atoms with E-state index < -0.39 is 18.4 Å². The molecule has 0 spiro atoms. The number of aliphatic hydroxyl groups excluding tert-OH is 1. The molecule has 0 aromatic heterocycles. The number of benzene rings is 1. The number of likely N-dealkylation sites (tertiary alicyclic amines) is 1. The molecule has 2 fully saturated rings. The zero-order valence-corrected chi connectivity index (χ0v) is 11.9. The normalized spacial score (nSPS) is 28.7. The van der Waals surface area contributed by atoms with E-state index in [1.54, 1.807) is 0 Å². The van der Waals surface area contributed by atoms with Crippen molar-refractivity contribution in [3.63, 3.8) is 0 Å². The summed E-state index contributed by atoms with van der Waals surface area (Å²) in [6.07, 6.45) is 1.48. The van der Waals surface area contributed by atoms with Crippen LogP contribution >= 0.6 is 0 Å². The Morgan fingerprint density at radius 2 is 2.10 bits per heavy atom. The molecule has 1 aromatic rings. The third-order valence-corrected chi connectivity index (χ3v) is 4.45. The molecule has 114 valence electrons. The first kappa shape index (κ1) is 14.3. The fourth-order valence-corrected chi connectivity index (χ4v) is 3.09. The highest BCUT2D eigenvalue weighted by Crippen LogP contribution is 2.47. The first-order valence-electron chi connectivity index (χ1n) is 7.38. The molecule has 1 aromatic carbocycles. The number of alkyl halides is 1. The maximum Gasteiger partial charge on any atom is 0.410 e. The van der Waals surface area contributed by atoms with Gasteiger partial charge in [0, 0.05) is 12.5 Å². The third kappa shape index (κ3) is 3.02. The minimum atomic E-state index is -1.67. The van der Waals surface area contributed by atoms with Gasteiger partial charge in [0.05, 0.1) is 13.2 Å². The Morgan fingerprint density at radius 3 is 2.71 bits per heavy atom. The molecule has 1 N–H and O–H groups in total. The number of ether oxygens (including phenoxy) is 1. The summed E-state index contributed by atoms with van der Waals surface area (Å²) < 4.78 is 19.9. The van der Waals surface area contributed by atoms with Gasteiger partial charge in [-0.15, -0.1) is 0 Å². The lowest BCUT2D eigenvalue weighted by Crippen LogP contribution is -2.39. The van der Waals surface area contributed by atoms with E-state index in [0.717, 1.165) is 18.4 Å². The molecule has 1 aliphatic carbocycles. The van der Waals surface area contributed by atoms with Crippen LogP contribution in [0.2, 0.25) is 0 Å². The van der Waals surface area contributed by atoms with Gasteiger partial charge in [-0.2, -0.15) is 0 Å². The highest BCUT2D eigenvalue weighted by molar-refractivity contribution is 5.68. The molecular weight excluding hydrogens is 273 g/mol. The molecule has 21 heavy (non-hydrogen) atoms. The fourth-order valence-electron chi connectivity index (χ4n) is 3.09. The second-order valence-corrected chi connectivity index (χ2v) is 6.06. The smallest absolute Gasteiger partial charge is 0.410 e. The molecule has 3 rings (SSSR count). The zero-order chi connectivity index (χ0) is 14.9. The summed E-state index contributed by atoms with van der Waals surface area (Å²) in [6.45, 7) is -0.0764. The van der Waals surface area contributed by atoms with Crippen molar-refractivity contribution >= 4 is 6.09 Å². The van der Waals surface area contributed by atoms with E-state index in [9.17, 15) is 14.3 Å². The Hall–Kier alpha value is -1.62. The number of nitrogens with zero attached hydrogens (tertiary/aromatic N) is 1. The van der Waals surface area contributed by atoms with E-state index in [1.165, 1.54) is 4.90 Å². The molecule has 1 saturated carbocycles. The van der Waals surface area contributed by atoms with Gasteiger partial charge in [0.2, 0.25) is 0 Å². The molecule has 1 amide bonds. The van der Waals surface area contributed by atoms with Gasteiger partial charge in [-0.25, -0.2) is 9.18 Å². The van der Waals surface area contributed by atoms with Gasteiger partial charge in [0.25, 0.3) is 0 Å². The fraction of sp³-hybridized carbons (Fsp3) is 0.562. The zero-order valence-electron chi connectivity index (χ0n) is 11.9. The summed E-state index contributed by atoms with van der Waals surface area (Å²) in [5.41, 5.74) is -0.773. The predicted octanol–water partition coefficient (Wildman–Crippen LogP) is 2.37. The van der Waals surface area contributed by atoms with Crippen LogP contribution in [0.5, 0.6) is 0 Å².